The first-order chi connectivity index (χ1) is 7.78. The van der Waals surface area contributed by atoms with Gasteiger partial charge in [0, 0.05) is 19.2 Å². The molecule has 0 spiro atoms. The normalized spacial score (nSPS) is 10.1. The number of aromatic nitrogens is 3. The van der Waals surface area contributed by atoms with Crippen LogP contribution in [0.4, 0.5) is 11.6 Å². The summed E-state index contributed by atoms with van der Waals surface area (Å²) in [6, 6.07) is 3.71. The molecule has 0 aromatic carbocycles. The molecule has 0 saturated carbocycles. The van der Waals surface area contributed by atoms with E-state index in [9.17, 15) is 0 Å². The summed E-state index contributed by atoms with van der Waals surface area (Å²) in [5.41, 5.74) is 0.849. The lowest BCUT2D eigenvalue weighted by molar-refractivity contribution is 0.391. The molecule has 0 aliphatic heterocycles. The van der Waals surface area contributed by atoms with Crippen molar-refractivity contribution in [2.75, 3.05) is 17.7 Å². The van der Waals surface area contributed by atoms with Gasteiger partial charge < -0.3 is 15.2 Å². The van der Waals surface area contributed by atoms with Gasteiger partial charge in [0.1, 0.15) is 29.4 Å². The van der Waals surface area contributed by atoms with Crippen LogP contribution in [0.25, 0.3) is 0 Å². The Morgan fingerprint density at radius 3 is 2.75 bits per heavy atom. The predicted molar refractivity (Wildman–Crippen MR) is 60.1 cm³/mol. The zero-order valence-corrected chi connectivity index (χ0v) is 9.19. The Hall–Kier alpha value is -2.11. The van der Waals surface area contributed by atoms with E-state index in [4.69, 9.17) is 4.52 Å². The topological polar surface area (TPSA) is 75.9 Å². The maximum Gasteiger partial charge on any atom is 0.133 e. The maximum absolute atomic E-state index is 4.96. The second-order valence-corrected chi connectivity index (χ2v) is 3.32. The number of rotatable bonds is 4. The van der Waals surface area contributed by atoms with Gasteiger partial charge in [-0.2, -0.15) is 0 Å². The lowest BCUT2D eigenvalue weighted by Gasteiger charge is -2.04. The van der Waals surface area contributed by atoms with Gasteiger partial charge in [-0.15, -0.1) is 0 Å². The molecule has 0 amide bonds. The molecule has 0 radical (unpaired) electrons. The zero-order valence-electron chi connectivity index (χ0n) is 9.19. The van der Waals surface area contributed by atoms with Crippen LogP contribution >= 0.6 is 0 Å². The van der Waals surface area contributed by atoms with Crippen LogP contribution < -0.4 is 10.6 Å². The number of nitrogens with one attached hydrogen (secondary N) is 2. The molecule has 2 aromatic heterocycles. The van der Waals surface area contributed by atoms with Gasteiger partial charge in [0.25, 0.3) is 0 Å². The fourth-order valence-electron chi connectivity index (χ4n) is 1.27. The molecule has 0 aliphatic rings. The van der Waals surface area contributed by atoms with E-state index in [0.717, 1.165) is 23.1 Å². The van der Waals surface area contributed by atoms with Gasteiger partial charge in [-0.25, -0.2) is 9.97 Å². The van der Waals surface area contributed by atoms with Crippen LogP contribution in [0.15, 0.2) is 23.0 Å². The van der Waals surface area contributed by atoms with Crippen molar-refractivity contribution in [3.63, 3.8) is 0 Å². The molecule has 2 N–H and O–H groups in total. The summed E-state index contributed by atoms with van der Waals surface area (Å²) in [6.45, 7) is 2.44. The van der Waals surface area contributed by atoms with Crippen molar-refractivity contribution in [3.05, 3.63) is 29.9 Å². The number of hydrogen-bond acceptors (Lipinski definition) is 6. The minimum atomic E-state index is 0.581. The van der Waals surface area contributed by atoms with E-state index in [1.165, 1.54) is 6.33 Å². The Morgan fingerprint density at radius 1 is 1.25 bits per heavy atom. The highest BCUT2D eigenvalue weighted by atomic mass is 16.5. The van der Waals surface area contributed by atoms with Crippen molar-refractivity contribution in [1.29, 1.82) is 0 Å². The third-order valence-corrected chi connectivity index (χ3v) is 2.05. The monoisotopic (exact) mass is 219 g/mol. The maximum atomic E-state index is 4.96. The highest BCUT2D eigenvalue weighted by Crippen LogP contribution is 2.09. The summed E-state index contributed by atoms with van der Waals surface area (Å²) in [5.74, 6) is 2.32. The van der Waals surface area contributed by atoms with Crippen molar-refractivity contribution in [2.24, 2.45) is 0 Å². The molecule has 6 nitrogen and oxygen atoms in total. The molecule has 2 heterocycles. The summed E-state index contributed by atoms with van der Waals surface area (Å²) in [6.07, 6.45) is 1.50. The molecule has 6 heteroatoms. The second kappa shape index (κ2) is 4.61. The first-order valence-electron chi connectivity index (χ1n) is 4.94. The molecule has 0 fully saturated rings. The van der Waals surface area contributed by atoms with Crippen molar-refractivity contribution < 1.29 is 4.52 Å². The number of hydrogen-bond donors (Lipinski definition) is 2. The van der Waals surface area contributed by atoms with Gasteiger partial charge in [0.05, 0.1) is 6.54 Å². The van der Waals surface area contributed by atoms with Crippen molar-refractivity contribution in [2.45, 2.75) is 13.5 Å². The van der Waals surface area contributed by atoms with Crippen molar-refractivity contribution in [1.82, 2.24) is 15.1 Å². The molecule has 84 valence electrons. The van der Waals surface area contributed by atoms with Crippen LogP contribution in [-0.2, 0) is 6.54 Å². The largest absolute Gasteiger partial charge is 0.373 e. The molecule has 16 heavy (non-hydrogen) atoms. The minimum absolute atomic E-state index is 0.581. The molecule has 0 bridgehead atoms. The SMILES string of the molecule is CNc1cc(NCc2cc(C)on2)ncn1. The predicted octanol–water partition coefficient (Wildman–Crippen LogP) is 1.43. The smallest absolute Gasteiger partial charge is 0.133 e. The fraction of sp³-hybridized carbons (Fsp3) is 0.300. The quantitative estimate of drug-likeness (QED) is 0.810. The summed E-state index contributed by atoms with van der Waals surface area (Å²) in [4.78, 5) is 8.11. The van der Waals surface area contributed by atoms with E-state index < -0.39 is 0 Å². The highest BCUT2D eigenvalue weighted by molar-refractivity contribution is 5.45. The molecular weight excluding hydrogens is 206 g/mol. The van der Waals surface area contributed by atoms with Gasteiger partial charge in [-0.1, -0.05) is 5.16 Å². The van der Waals surface area contributed by atoms with Gasteiger partial charge in [0.15, 0.2) is 0 Å². The lowest BCUT2D eigenvalue weighted by atomic mass is 10.4. The van der Waals surface area contributed by atoms with Crippen molar-refractivity contribution >= 4 is 11.6 Å². The number of nitrogens with zero attached hydrogens (tertiary/aromatic N) is 3. The standard InChI is InChI=1S/C10H13N5O/c1-7-3-8(15-16-7)5-12-10-4-9(11-2)13-6-14-10/h3-4,6H,5H2,1-2H3,(H2,11,12,13,14). The Bertz CT molecular complexity index is 468. The third-order valence-electron chi connectivity index (χ3n) is 2.05. The Kier molecular flexibility index (Phi) is 3.00. The first-order valence-corrected chi connectivity index (χ1v) is 4.94. The van der Waals surface area contributed by atoms with Gasteiger partial charge >= 0.3 is 0 Å². The summed E-state index contributed by atoms with van der Waals surface area (Å²) in [7, 11) is 1.81. The lowest BCUT2D eigenvalue weighted by Crippen LogP contribution is -2.03. The summed E-state index contributed by atoms with van der Waals surface area (Å²) < 4.78 is 4.96. The number of anilines is 2. The second-order valence-electron chi connectivity index (χ2n) is 3.32. The molecule has 0 atom stereocenters. The molecule has 2 rings (SSSR count). The Balaban J connectivity index is 1.99. The molecule has 0 aliphatic carbocycles. The van der Waals surface area contributed by atoms with E-state index in [0.29, 0.717) is 6.54 Å². The summed E-state index contributed by atoms with van der Waals surface area (Å²) >= 11 is 0. The van der Waals surface area contributed by atoms with Crippen LogP contribution in [0.5, 0.6) is 0 Å². The zero-order chi connectivity index (χ0) is 11.4. The highest BCUT2D eigenvalue weighted by Gasteiger charge is 2.01. The average Bonchev–Trinajstić information content (AvgIpc) is 2.73. The average molecular weight is 219 g/mol. The van der Waals surface area contributed by atoms with Crippen LogP contribution in [0, 0.1) is 6.92 Å². The van der Waals surface area contributed by atoms with E-state index >= 15 is 0 Å². The van der Waals surface area contributed by atoms with E-state index in [1.54, 1.807) is 0 Å². The molecule has 2 aromatic rings. The van der Waals surface area contributed by atoms with Gasteiger partial charge in [-0.05, 0) is 6.92 Å². The fourth-order valence-corrected chi connectivity index (χ4v) is 1.27. The van der Waals surface area contributed by atoms with Crippen molar-refractivity contribution in [3.8, 4) is 0 Å². The van der Waals surface area contributed by atoms with Gasteiger partial charge in [-0.3, -0.25) is 0 Å². The first kappa shape index (κ1) is 10.4. The Labute approximate surface area is 93.1 Å². The third kappa shape index (κ3) is 2.47. The molecule has 0 saturated heterocycles. The molecular formula is C10H13N5O. The molecule has 0 unspecified atom stereocenters. The van der Waals surface area contributed by atoms with Crippen LogP contribution in [-0.4, -0.2) is 22.2 Å². The Morgan fingerprint density at radius 2 is 2.06 bits per heavy atom. The van der Waals surface area contributed by atoms with Crippen LogP contribution in [0.3, 0.4) is 0 Å². The summed E-state index contributed by atoms with van der Waals surface area (Å²) in [5, 5.41) is 9.96. The van der Waals surface area contributed by atoms with Crippen LogP contribution in [0.1, 0.15) is 11.5 Å². The van der Waals surface area contributed by atoms with E-state index in [-0.39, 0.29) is 0 Å². The van der Waals surface area contributed by atoms with Gasteiger partial charge in [0.2, 0.25) is 0 Å². The van der Waals surface area contributed by atoms with Crippen LogP contribution in [0.2, 0.25) is 0 Å². The van der Waals surface area contributed by atoms with E-state index in [1.807, 2.05) is 26.1 Å². The minimum Gasteiger partial charge on any atom is -0.373 e. The number of aryl methyl sites for hydroxylation is 1. The van der Waals surface area contributed by atoms with E-state index in [2.05, 4.69) is 25.8 Å².